The number of carbonyl (C=O) groups is 1. The lowest BCUT2D eigenvalue weighted by atomic mass is 10.2. The highest BCUT2D eigenvalue weighted by molar-refractivity contribution is 9.10. The minimum absolute atomic E-state index is 0.165. The fraction of sp³-hybridized carbons (Fsp3) is 0.231. The molecule has 20 heavy (non-hydrogen) atoms. The van der Waals surface area contributed by atoms with E-state index in [0.717, 1.165) is 0 Å². The van der Waals surface area contributed by atoms with Crippen LogP contribution in [0.15, 0.2) is 22.7 Å². The second-order valence-electron chi connectivity index (χ2n) is 4.28. The number of nitrogen functional groups attached to an aromatic ring is 1. The van der Waals surface area contributed by atoms with Crippen molar-refractivity contribution in [1.29, 1.82) is 0 Å². The average molecular weight is 342 g/mol. The highest BCUT2D eigenvalue weighted by atomic mass is 79.9. The molecule has 0 saturated carbocycles. The van der Waals surface area contributed by atoms with Crippen LogP contribution in [-0.4, -0.2) is 15.7 Å². The Bertz CT molecular complexity index is 670. The van der Waals surface area contributed by atoms with Crippen molar-refractivity contribution in [1.82, 2.24) is 9.78 Å². The molecule has 0 aliphatic rings. The van der Waals surface area contributed by atoms with E-state index in [0.29, 0.717) is 10.2 Å². The summed E-state index contributed by atoms with van der Waals surface area (Å²) < 4.78 is 20.7. The van der Waals surface area contributed by atoms with E-state index >= 15 is 0 Å². The van der Waals surface area contributed by atoms with Gasteiger partial charge in [-0.05, 0) is 25.1 Å². The maximum Gasteiger partial charge on any atom is 0.359 e. The molecular weight excluding hydrogens is 329 g/mol. The summed E-state index contributed by atoms with van der Waals surface area (Å²) in [5, 5.41) is 4.03. The van der Waals surface area contributed by atoms with Gasteiger partial charge in [0.15, 0.2) is 5.69 Å². The average Bonchev–Trinajstić information content (AvgIpc) is 2.64. The molecule has 7 heteroatoms. The Hall–Kier alpha value is -1.89. The third-order valence-corrected chi connectivity index (χ3v) is 3.32. The van der Waals surface area contributed by atoms with Gasteiger partial charge in [-0.3, -0.25) is 4.68 Å². The topological polar surface area (TPSA) is 70.1 Å². The Kier molecular flexibility index (Phi) is 4.08. The lowest BCUT2D eigenvalue weighted by Gasteiger charge is -2.07. The minimum atomic E-state index is -0.634. The van der Waals surface area contributed by atoms with Crippen LogP contribution in [-0.2, 0) is 18.4 Å². The number of carbonyl (C=O) groups excluding carboxylic acids is 1. The number of hydrogen-bond acceptors (Lipinski definition) is 4. The molecule has 1 heterocycles. The van der Waals surface area contributed by atoms with Gasteiger partial charge < -0.3 is 10.5 Å². The Balaban J connectivity index is 2.15. The van der Waals surface area contributed by atoms with E-state index < -0.39 is 11.8 Å². The van der Waals surface area contributed by atoms with Crippen molar-refractivity contribution in [3.05, 3.63) is 45.4 Å². The number of hydrogen-bond donors (Lipinski definition) is 1. The zero-order valence-electron chi connectivity index (χ0n) is 11.0. The van der Waals surface area contributed by atoms with Gasteiger partial charge in [-0.15, -0.1) is 0 Å². The van der Waals surface area contributed by atoms with Crippen LogP contribution in [0.2, 0.25) is 0 Å². The van der Waals surface area contributed by atoms with Crippen molar-refractivity contribution in [3.63, 3.8) is 0 Å². The molecule has 0 amide bonds. The molecule has 0 atom stereocenters. The lowest BCUT2D eigenvalue weighted by Crippen LogP contribution is -2.13. The standard InChI is InChI=1S/C13H13BrFN3O2/c1-7-11(16)12(18(2)17-7)13(19)20-6-8-5-9(14)3-4-10(8)15/h3-5H,6,16H2,1-2H3. The third-order valence-electron chi connectivity index (χ3n) is 2.83. The molecule has 0 radical (unpaired) electrons. The number of esters is 1. The summed E-state index contributed by atoms with van der Waals surface area (Å²) in [4.78, 5) is 12.0. The smallest absolute Gasteiger partial charge is 0.359 e. The van der Waals surface area contributed by atoms with Crippen molar-refractivity contribution in [2.24, 2.45) is 7.05 Å². The second-order valence-corrected chi connectivity index (χ2v) is 5.20. The van der Waals surface area contributed by atoms with Gasteiger partial charge in [0.05, 0.1) is 11.4 Å². The van der Waals surface area contributed by atoms with E-state index in [1.165, 1.54) is 10.7 Å². The maximum atomic E-state index is 13.5. The van der Waals surface area contributed by atoms with Gasteiger partial charge >= 0.3 is 5.97 Å². The predicted octanol–water partition coefficient (Wildman–Crippen LogP) is 2.57. The van der Waals surface area contributed by atoms with Crippen molar-refractivity contribution >= 4 is 27.6 Å². The first-order valence-electron chi connectivity index (χ1n) is 5.80. The van der Waals surface area contributed by atoms with E-state index in [9.17, 15) is 9.18 Å². The molecule has 0 aliphatic carbocycles. The van der Waals surface area contributed by atoms with Crippen LogP contribution in [0.5, 0.6) is 0 Å². The number of nitrogens with two attached hydrogens (primary N) is 1. The molecule has 2 rings (SSSR count). The lowest BCUT2D eigenvalue weighted by molar-refractivity contribution is 0.0457. The molecular formula is C13H13BrFN3O2. The van der Waals surface area contributed by atoms with Crippen LogP contribution in [0.4, 0.5) is 10.1 Å². The molecule has 1 aromatic carbocycles. The SMILES string of the molecule is Cc1nn(C)c(C(=O)OCc2cc(Br)ccc2F)c1N. The molecule has 2 aromatic rings. The first-order chi connectivity index (χ1) is 9.40. The third kappa shape index (κ3) is 2.82. The monoisotopic (exact) mass is 341 g/mol. The Labute approximate surface area is 123 Å². The zero-order chi connectivity index (χ0) is 14.9. The fourth-order valence-electron chi connectivity index (χ4n) is 1.78. The highest BCUT2D eigenvalue weighted by Crippen LogP contribution is 2.19. The molecule has 0 bridgehead atoms. The van der Waals surface area contributed by atoms with Crippen molar-refractivity contribution in [2.75, 3.05) is 5.73 Å². The molecule has 0 saturated heterocycles. The van der Waals surface area contributed by atoms with Gasteiger partial charge in [-0.2, -0.15) is 5.10 Å². The molecule has 0 spiro atoms. The number of ether oxygens (including phenoxy) is 1. The minimum Gasteiger partial charge on any atom is -0.456 e. The molecule has 2 N–H and O–H groups in total. The molecule has 1 aromatic heterocycles. The van der Waals surface area contributed by atoms with Gasteiger partial charge in [-0.25, -0.2) is 9.18 Å². The van der Waals surface area contributed by atoms with E-state index in [1.54, 1.807) is 26.1 Å². The first kappa shape index (κ1) is 14.5. The van der Waals surface area contributed by atoms with Crippen molar-refractivity contribution < 1.29 is 13.9 Å². The first-order valence-corrected chi connectivity index (χ1v) is 6.59. The van der Waals surface area contributed by atoms with Gasteiger partial charge in [0.1, 0.15) is 12.4 Å². The second kappa shape index (κ2) is 5.62. The van der Waals surface area contributed by atoms with Crippen LogP contribution in [0.25, 0.3) is 0 Å². The number of benzene rings is 1. The number of aryl methyl sites for hydroxylation is 2. The summed E-state index contributed by atoms with van der Waals surface area (Å²) in [5.41, 5.74) is 7.03. The zero-order valence-corrected chi connectivity index (χ0v) is 12.6. The van der Waals surface area contributed by atoms with E-state index in [1.807, 2.05) is 0 Å². The van der Waals surface area contributed by atoms with Gasteiger partial charge in [0.25, 0.3) is 0 Å². The van der Waals surface area contributed by atoms with Crippen molar-refractivity contribution in [3.8, 4) is 0 Å². The van der Waals surface area contributed by atoms with Crippen molar-refractivity contribution in [2.45, 2.75) is 13.5 Å². The normalized spacial score (nSPS) is 10.6. The van der Waals surface area contributed by atoms with E-state index in [4.69, 9.17) is 10.5 Å². The summed E-state index contributed by atoms with van der Waals surface area (Å²) >= 11 is 3.23. The summed E-state index contributed by atoms with van der Waals surface area (Å²) in [6, 6.07) is 4.43. The largest absolute Gasteiger partial charge is 0.456 e. The van der Waals surface area contributed by atoms with Crippen LogP contribution in [0.3, 0.4) is 0 Å². The van der Waals surface area contributed by atoms with Crippen LogP contribution < -0.4 is 5.73 Å². The molecule has 0 aliphatic heterocycles. The summed E-state index contributed by atoms with van der Waals surface area (Å²) in [6.07, 6.45) is 0. The number of halogens is 2. The fourth-order valence-corrected chi connectivity index (χ4v) is 2.19. The summed E-state index contributed by atoms with van der Waals surface area (Å²) in [7, 11) is 1.60. The molecule has 5 nitrogen and oxygen atoms in total. The van der Waals surface area contributed by atoms with Crippen LogP contribution in [0.1, 0.15) is 21.7 Å². The molecule has 0 unspecified atom stereocenters. The Morgan fingerprint density at radius 2 is 2.25 bits per heavy atom. The van der Waals surface area contributed by atoms with E-state index in [2.05, 4.69) is 21.0 Å². The summed E-state index contributed by atoms with van der Waals surface area (Å²) in [6.45, 7) is 1.52. The number of anilines is 1. The molecule has 106 valence electrons. The Morgan fingerprint density at radius 3 is 2.85 bits per heavy atom. The van der Waals surface area contributed by atoms with Gasteiger partial charge in [0, 0.05) is 17.1 Å². The summed E-state index contributed by atoms with van der Waals surface area (Å²) in [5.74, 6) is -1.07. The number of rotatable bonds is 3. The van der Waals surface area contributed by atoms with Gasteiger partial charge in [0.2, 0.25) is 0 Å². The van der Waals surface area contributed by atoms with Crippen LogP contribution >= 0.6 is 15.9 Å². The van der Waals surface area contributed by atoms with Gasteiger partial charge in [-0.1, -0.05) is 15.9 Å². The quantitative estimate of drug-likeness (QED) is 0.871. The Morgan fingerprint density at radius 1 is 1.55 bits per heavy atom. The van der Waals surface area contributed by atoms with Crippen LogP contribution in [0, 0.1) is 12.7 Å². The molecule has 0 fully saturated rings. The number of nitrogens with zero attached hydrogens (tertiary/aromatic N) is 2. The maximum absolute atomic E-state index is 13.5. The van der Waals surface area contributed by atoms with E-state index in [-0.39, 0.29) is 23.6 Å². The predicted molar refractivity (Wildman–Crippen MR) is 75.6 cm³/mol. The highest BCUT2D eigenvalue weighted by Gasteiger charge is 2.19. The number of aromatic nitrogens is 2.